The number of hydrogen-bond donors (Lipinski definition) is 2. The molecule has 9 nitrogen and oxygen atoms in total. The molecule has 3 aromatic rings. The van der Waals surface area contributed by atoms with Crippen LogP contribution in [0.3, 0.4) is 0 Å². The zero-order valence-electron chi connectivity index (χ0n) is 24.2. The van der Waals surface area contributed by atoms with E-state index in [1.54, 1.807) is 18.3 Å². The number of aromatic nitrogens is 2. The van der Waals surface area contributed by atoms with Crippen LogP contribution in [0.15, 0.2) is 48.7 Å². The molecule has 1 amide bonds. The lowest BCUT2D eigenvalue weighted by Crippen LogP contribution is -2.51. The Kier molecular flexibility index (Phi) is 7.94. The SMILES string of the molecule is CC1CCC(NC(=O)c2ccc(C3CC3)cc2)CN1c1cnc(C#N)c(Nc2ccc(N3CCN(C)CC3)c(F)c2)n1. The summed E-state index contributed by atoms with van der Waals surface area (Å²) in [6, 6.07) is 15.2. The average molecular weight is 569 g/mol. The third kappa shape index (κ3) is 6.16. The first-order valence-electron chi connectivity index (χ1n) is 14.8. The van der Waals surface area contributed by atoms with Crippen molar-refractivity contribution in [3.63, 3.8) is 0 Å². The molecule has 0 bridgehead atoms. The number of rotatable bonds is 7. The maximum Gasteiger partial charge on any atom is 0.251 e. The predicted octanol–water partition coefficient (Wildman–Crippen LogP) is 4.65. The van der Waals surface area contributed by atoms with E-state index in [2.05, 4.69) is 62.5 Å². The van der Waals surface area contributed by atoms with Crippen LogP contribution in [0.1, 0.15) is 60.1 Å². The van der Waals surface area contributed by atoms with Crippen molar-refractivity contribution in [3.8, 4) is 6.07 Å². The van der Waals surface area contributed by atoms with Crippen LogP contribution in [0, 0.1) is 17.1 Å². The minimum Gasteiger partial charge on any atom is -0.367 e. The van der Waals surface area contributed by atoms with Crippen molar-refractivity contribution in [3.05, 3.63) is 71.3 Å². The number of hydrogen-bond acceptors (Lipinski definition) is 8. The van der Waals surface area contributed by atoms with Crippen LogP contribution in [-0.4, -0.2) is 72.6 Å². The molecular weight excluding hydrogens is 531 g/mol. The molecule has 2 atom stereocenters. The summed E-state index contributed by atoms with van der Waals surface area (Å²) in [5, 5.41) is 16.0. The van der Waals surface area contributed by atoms with Gasteiger partial charge in [-0.05, 0) is 81.5 Å². The van der Waals surface area contributed by atoms with Gasteiger partial charge in [-0.25, -0.2) is 14.4 Å². The molecular formula is C32H37FN8O. The summed E-state index contributed by atoms with van der Waals surface area (Å²) >= 11 is 0. The molecule has 3 fully saturated rings. The van der Waals surface area contributed by atoms with E-state index in [9.17, 15) is 10.1 Å². The van der Waals surface area contributed by atoms with Gasteiger partial charge in [0.25, 0.3) is 5.91 Å². The smallest absolute Gasteiger partial charge is 0.251 e. The lowest BCUT2D eigenvalue weighted by Gasteiger charge is -2.39. The molecule has 3 heterocycles. The summed E-state index contributed by atoms with van der Waals surface area (Å²) in [6.07, 6.45) is 5.79. The van der Waals surface area contributed by atoms with Crippen LogP contribution in [0.5, 0.6) is 0 Å². The third-order valence-electron chi connectivity index (χ3n) is 8.65. The normalized spacial score (nSPS) is 21.1. The van der Waals surface area contributed by atoms with Crippen molar-refractivity contribution in [1.29, 1.82) is 5.26 Å². The Labute approximate surface area is 246 Å². The molecule has 2 N–H and O–H groups in total. The fraction of sp³-hybridized carbons (Fsp3) is 0.438. The van der Waals surface area contributed by atoms with Gasteiger partial charge < -0.3 is 25.3 Å². The minimum atomic E-state index is -0.322. The number of anilines is 4. The maximum absolute atomic E-state index is 15.1. The molecule has 0 radical (unpaired) electrons. The first-order chi connectivity index (χ1) is 20.4. The minimum absolute atomic E-state index is 0.0538. The molecule has 0 spiro atoms. The van der Waals surface area contributed by atoms with Gasteiger partial charge in [0.1, 0.15) is 17.7 Å². The first-order valence-corrected chi connectivity index (χ1v) is 14.8. The highest BCUT2D eigenvalue weighted by Crippen LogP contribution is 2.40. The van der Waals surface area contributed by atoms with Crippen molar-refractivity contribution in [2.75, 3.05) is 54.9 Å². The number of carbonyl (C=O) groups excluding carboxylic acids is 1. The zero-order chi connectivity index (χ0) is 29.2. The van der Waals surface area contributed by atoms with Crippen molar-refractivity contribution >= 4 is 28.9 Å². The molecule has 2 aromatic carbocycles. The summed E-state index contributed by atoms with van der Waals surface area (Å²) in [5.41, 5.74) is 3.18. The predicted molar refractivity (Wildman–Crippen MR) is 162 cm³/mol. The zero-order valence-corrected chi connectivity index (χ0v) is 24.2. The van der Waals surface area contributed by atoms with Crippen LogP contribution in [0.2, 0.25) is 0 Å². The van der Waals surface area contributed by atoms with E-state index in [1.165, 1.54) is 24.5 Å². The second-order valence-electron chi connectivity index (χ2n) is 11.8. The lowest BCUT2D eigenvalue weighted by atomic mass is 9.99. The number of piperazine rings is 1. The van der Waals surface area contributed by atoms with Gasteiger partial charge >= 0.3 is 0 Å². The molecule has 3 aliphatic rings. The van der Waals surface area contributed by atoms with Gasteiger partial charge in [-0.3, -0.25) is 4.79 Å². The number of nitrogens with zero attached hydrogens (tertiary/aromatic N) is 6. The summed E-state index contributed by atoms with van der Waals surface area (Å²) < 4.78 is 15.1. The number of carbonyl (C=O) groups is 1. The van der Waals surface area contributed by atoms with Gasteiger partial charge in [-0.15, -0.1) is 0 Å². The Bertz CT molecular complexity index is 1480. The van der Waals surface area contributed by atoms with Crippen molar-refractivity contribution in [2.24, 2.45) is 0 Å². The fourth-order valence-corrected chi connectivity index (χ4v) is 5.85. The molecule has 10 heteroatoms. The van der Waals surface area contributed by atoms with Crippen LogP contribution in [0.4, 0.5) is 27.4 Å². The van der Waals surface area contributed by atoms with Gasteiger partial charge in [0.2, 0.25) is 0 Å². The number of nitrogens with one attached hydrogen (secondary N) is 2. The van der Waals surface area contributed by atoms with Gasteiger partial charge in [0.05, 0.1) is 11.9 Å². The van der Waals surface area contributed by atoms with E-state index >= 15 is 4.39 Å². The molecule has 2 unspecified atom stereocenters. The van der Waals surface area contributed by atoms with Crippen molar-refractivity contribution in [1.82, 2.24) is 20.2 Å². The Hall–Kier alpha value is -4.23. The summed E-state index contributed by atoms with van der Waals surface area (Å²) in [4.78, 5) is 28.5. The quantitative estimate of drug-likeness (QED) is 0.425. The fourth-order valence-electron chi connectivity index (χ4n) is 5.85. The molecule has 1 saturated carbocycles. The second kappa shape index (κ2) is 11.9. The summed E-state index contributed by atoms with van der Waals surface area (Å²) in [5.74, 6) is 1.13. The molecule has 218 valence electrons. The van der Waals surface area contributed by atoms with Crippen molar-refractivity contribution in [2.45, 2.75) is 50.6 Å². The molecule has 42 heavy (non-hydrogen) atoms. The largest absolute Gasteiger partial charge is 0.367 e. The highest BCUT2D eigenvalue weighted by Gasteiger charge is 2.29. The molecule has 1 aromatic heterocycles. The van der Waals surface area contributed by atoms with Gasteiger partial charge in [-0.2, -0.15) is 5.26 Å². The van der Waals surface area contributed by atoms with Crippen LogP contribution < -0.4 is 20.4 Å². The first kappa shape index (κ1) is 27.9. The summed E-state index contributed by atoms with van der Waals surface area (Å²) in [6.45, 7) is 6.01. The van der Waals surface area contributed by atoms with Crippen LogP contribution >= 0.6 is 0 Å². The standard InChI is InChI=1S/C32H37FN8O/c1-21-3-10-26(37-32(42)24-8-6-23(7-9-24)22-4-5-22)20-41(21)30-19-35-28(18-34)31(38-30)36-25-11-12-29(27(33)17-25)40-15-13-39(2)14-16-40/h6-9,11-12,17,19,21-22,26H,3-5,10,13-16,20H2,1-2H3,(H,36,38)(H,37,42). The van der Waals surface area contributed by atoms with E-state index < -0.39 is 0 Å². The van der Waals surface area contributed by atoms with Gasteiger partial charge in [0, 0.05) is 56.1 Å². The molecule has 2 saturated heterocycles. The molecule has 2 aliphatic heterocycles. The number of amides is 1. The van der Waals surface area contributed by atoms with Crippen LogP contribution in [-0.2, 0) is 0 Å². The van der Waals surface area contributed by atoms with Crippen LogP contribution in [0.25, 0.3) is 0 Å². The number of likely N-dealkylation sites (N-methyl/N-ethyl adjacent to an activating group) is 1. The Balaban J connectivity index is 1.15. The number of piperidine rings is 1. The second-order valence-corrected chi connectivity index (χ2v) is 11.8. The highest BCUT2D eigenvalue weighted by atomic mass is 19.1. The number of nitriles is 1. The Morgan fingerprint density at radius 2 is 1.81 bits per heavy atom. The van der Waals surface area contributed by atoms with E-state index in [0.29, 0.717) is 35.2 Å². The lowest BCUT2D eigenvalue weighted by molar-refractivity contribution is 0.0931. The van der Waals surface area contributed by atoms with Gasteiger partial charge in [-0.1, -0.05) is 12.1 Å². The third-order valence-corrected chi connectivity index (χ3v) is 8.65. The Morgan fingerprint density at radius 3 is 2.50 bits per heavy atom. The topological polar surface area (TPSA) is 100 Å². The molecule has 6 rings (SSSR count). The van der Waals surface area contributed by atoms with E-state index in [1.807, 2.05) is 12.1 Å². The number of halogens is 1. The van der Waals surface area contributed by atoms with Gasteiger partial charge in [0.15, 0.2) is 11.5 Å². The monoisotopic (exact) mass is 568 g/mol. The number of benzene rings is 2. The van der Waals surface area contributed by atoms with E-state index in [4.69, 9.17) is 4.98 Å². The Morgan fingerprint density at radius 1 is 1.05 bits per heavy atom. The summed E-state index contributed by atoms with van der Waals surface area (Å²) in [7, 11) is 2.07. The maximum atomic E-state index is 15.1. The highest BCUT2D eigenvalue weighted by molar-refractivity contribution is 5.94. The van der Waals surface area contributed by atoms with E-state index in [-0.39, 0.29) is 35.3 Å². The molecule has 1 aliphatic carbocycles. The van der Waals surface area contributed by atoms with Crippen molar-refractivity contribution < 1.29 is 9.18 Å². The average Bonchev–Trinajstić information content (AvgIpc) is 3.85. The van der Waals surface area contributed by atoms with E-state index in [0.717, 1.165) is 39.0 Å².